The third-order valence-corrected chi connectivity index (χ3v) is 2.63. The average Bonchev–Trinajstić information content (AvgIpc) is 2.96. The smallest absolute Gasteiger partial charge is 0.137 e. The van der Waals surface area contributed by atoms with Gasteiger partial charge in [0.25, 0.3) is 0 Å². The largest absolute Gasteiger partial charge is 0.472 e. The van der Waals surface area contributed by atoms with Crippen molar-refractivity contribution in [3.63, 3.8) is 0 Å². The Bertz CT molecular complexity index is 565. The van der Waals surface area contributed by atoms with Crippen LogP contribution in [0.1, 0.15) is 11.3 Å². The van der Waals surface area contributed by atoms with Crippen LogP contribution in [0.2, 0.25) is 0 Å². The van der Waals surface area contributed by atoms with Crippen LogP contribution in [0, 0.1) is 0 Å². The summed E-state index contributed by atoms with van der Waals surface area (Å²) in [6.07, 6.45) is 7.47. The van der Waals surface area contributed by atoms with Crippen molar-refractivity contribution in [2.24, 2.45) is 0 Å². The van der Waals surface area contributed by atoms with Gasteiger partial charge in [0.15, 0.2) is 0 Å². The Hall–Kier alpha value is -2.07. The van der Waals surface area contributed by atoms with E-state index in [0.29, 0.717) is 0 Å². The minimum atomic E-state index is 0.757. The molecular formula is C13H13N3O. The summed E-state index contributed by atoms with van der Waals surface area (Å²) in [6.45, 7) is 1.55. The number of rotatable bonds is 4. The van der Waals surface area contributed by atoms with Crippen molar-refractivity contribution in [1.29, 1.82) is 0 Å². The molecule has 0 atom stereocenters. The van der Waals surface area contributed by atoms with Crippen LogP contribution in [-0.4, -0.2) is 9.38 Å². The Balaban J connectivity index is 1.65. The SMILES string of the molecule is c1ccn2cc(CNCc3ccoc3)nc2c1. The van der Waals surface area contributed by atoms with Crippen LogP contribution in [0.25, 0.3) is 5.65 Å². The average molecular weight is 227 g/mol. The highest BCUT2D eigenvalue weighted by atomic mass is 16.3. The second-order valence-electron chi connectivity index (χ2n) is 3.93. The van der Waals surface area contributed by atoms with Gasteiger partial charge in [0.1, 0.15) is 5.65 Å². The van der Waals surface area contributed by atoms with E-state index in [4.69, 9.17) is 4.42 Å². The van der Waals surface area contributed by atoms with Crippen molar-refractivity contribution < 1.29 is 4.42 Å². The monoisotopic (exact) mass is 227 g/mol. The number of imidazole rings is 1. The fourth-order valence-electron chi connectivity index (χ4n) is 1.80. The Morgan fingerprint density at radius 2 is 2.24 bits per heavy atom. The highest BCUT2D eigenvalue weighted by Crippen LogP contribution is 2.05. The van der Waals surface area contributed by atoms with E-state index in [0.717, 1.165) is 30.0 Å². The first kappa shape index (κ1) is 10.1. The number of pyridine rings is 1. The van der Waals surface area contributed by atoms with Gasteiger partial charge in [-0.25, -0.2) is 4.98 Å². The Morgan fingerprint density at radius 3 is 3.06 bits per heavy atom. The standard InChI is InChI=1S/C13H13N3O/c1-2-5-16-9-12(15-13(16)3-1)8-14-7-11-4-6-17-10-11/h1-6,9-10,14H,7-8H2. The van der Waals surface area contributed by atoms with Crippen LogP contribution in [0.5, 0.6) is 0 Å². The maximum atomic E-state index is 5.01. The maximum Gasteiger partial charge on any atom is 0.137 e. The Labute approximate surface area is 98.9 Å². The molecule has 0 radical (unpaired) electrons. The van der Waals surface area contributed by atoms with E-state index in [1.807, 2.05) is 41.1 Å². The fraction of sp³-hybridized carbons (Fsp3) is 0.154. The van der Waals surface area contributed by atoms with Crippen molar-refractivity contribution in [1.82, 2.24) is 14.7 Å². The number of hydrogen-bond donors (Lipinski definition) is 1. The van der Waals surface area contributed by atoms with Crippen molar-refractivity contribution in [2.75, 3.05) is 0 Å². The first-order valence-corrected chi connectivity index (χ1v) is 5.56. The molecule has 0 spiro atoms. The molecule has 0 saturated heterocycles. The van der Waals surface area contributed by atoms with Gasteiger partial charge in [-0.05, 0) is 18.2 Å². The summed E-state index contributed by atoms with van der Waals surface area (Å²) in [4.78, 5) is 4.51. The van der Waals surface area contributed by atoms with Crippen LogP contribution in [0.3, 0.4) is 0 Å². The Kier molecular flexibility index (Phi) is 2.63. The number of nitrogens with one attached hydrogen (secondary N) is 1. The molecule has 0 aliphatic carbocycles. The van der Waals surface area contributed by atoms with Crippen LogP contribution in [-0.2, 0) is 13.1 Å². The zero-order valence-corrected chi connectivity index (χ0v) is 9.34. The lowest BCUT2D eigenvalue weighted by Gasteiger charge is -1.98. The predicted molar refractivity (Wildman–Crippen MR) is 64.4 cm³/mol. The second-order valence-corrected chi connectivity index (χ2v) is 3.93. The van der Waals surface area contributed by atoms with E-state index in [-0.39, 0.29) is 0 Å². The normalized spacial score (nSPS) is 11.1. The molecule has 0 bridgehead atoms. The summed E-state index contributed by atoms with van der Waals surface area (Å²) < 4.78 is 7.03. The molecule has 3 rings (SSSR count). The van der Waals surface area contributed by atoms with Crippen molar-refractivity contribution in [2.45, 2.75) is 13.1 Å². The molecule has 0 aliphatic heterocycles. The Morgan fingerprint density at radius 1 is 1.24 bits per heavy atom. The van der Waals surface area contributed by atoms with Crippen molar-refractivity contribution >= 4 is 5.65 Å². The van der Waals surface area contributed by atoms with Crippen LogP contribution >= 0.6 is 0 Å². The zero-order valence-electron chi connectivity index (χ0n) is 9.34. The van der Waals surface area contributed by atoms with E-state index < -0.39 is 0 Å². The first-order chi connectivity index (χ1) is 8.42. The van der Waals surface area contributed by atoms with Gasteiger partial charge in [0.05, 0.1) is 18.2 Å². The lowest BCUT2D eigenvalue weighted by Crippen LogP contribution is -2.12. The van der Waals surface area contributed by atoms with Crippen LogP contribution in [0.4, 0.5) is 0 Å². The van der Waals surface area contributed by atoms with Crippen LogP contribution < -0.4 is 5.32 Å². The molecule has 0 aliphatic rings. The van der Waals surface area contributed by atoms with Crippen molar-refractivity contribution in [3.05, 3.63) is 60.4 Å². The quantitative estimate of drug-likeness (QED) is 0.743. The minimum absolute atomic E-state index is 0.757. The molecule has 3 aromatic heterocycles. The zero-order chi connectivity index (χ0) is 11.5. The molecule has 1 N–H and O–H groups in total. The molecule has 0 fully saturated rings. The molecule has 86 valence electrons. The van der Waals surface area contributed by atoms with Gasteiger partial charge in [-0.15, -0.1) is 0 Å². The summed E-state index contributed by atoms with van der Waals surface area (Å²) in [5.74, 6) is 0. The molecule has 17 heavy (non-hydrogen) atoms. The summed E-state index contributed by atoms with van der Waals surface area (Å²) >= 11 is 0. The molecule has 4 nitrogen and oxygen atoms in total. The molecule has 0 aromatic carbocycles. The number of fused-ring (bicyclic) bond motifs is 1. The number of nitrogens with zero attached hydrogens (tertiary/aromatic N) is 2. The van der Waals surface area contributed by atoms with Gasteiger partial charge in [-0.1, -0.05) is 6.07 Å². The minimum Gasteiger partial charge on any atom is -0.472 e. The molecule has 3 heterocycles. The third kappa shape index (κ3) is 2.21. The first-order valence-electron chi connectivity index (χ1n) is 5.56. The number of aromatic nitrogens is 2. The van der Waals surface area contributed by atoms with Gasteiger partial charge in [-0.2, -0.15) is 0 Å². The molecule has 0 saturated carbocycles. The van der Waals surface area contributed by atoms with Crippen molar-refractivity contribution in [3.8, 4) is 0 Å². The summed E-state index contributed by atoms with van der Waals surface area (Å²) in [5, 5.41) is 3.33. The lowest BCUT2D eigenvalue weighted by molar-refractivity contribution is 0.560. The van der Waals surface area contributed by atoms with E-state index in [2.05, 4.69) is 10.3 Å². The summed E-state index contributed by atoms with van der Waals surface area (Å²) in [6, 6.07) is 7.94. The number of hydrogen-bond acceptors (Lipinski definition) is 3. The molecule has 3 aromatic rings. The lowest BCUT2D eigenvalue weighted by atomic mass is 10.3. The summed E-state index contributed by atoms with van der Waals surface area (Å²) in [5.41, 5.74) is 3.17. The van der Waals surface area contributed by atoms with Gasteiger partial charge in [0.2, 0.25) is 0 Å². The highest BCUT2D eigenvalue weighted by Gasteiger charge is 2.00. The van der Waals surface area contributed by atoms with Gasteiger partial charge < -0.3 is 14.1 Å². The van der Waals surface area contributed by atoms with E-state index in [1.54, 1.807) is 12.5 Å². The van der Waals surface area contributed by atoms with E-state index >= 15 is 0 Å². The second kappa shape index (κ2) is 4.43. The van der Waals surface area contributed by atoms with Gasteiger partial charge in [-0.3, -0.25) is 0 Å². The topological polar surface area (TPSA) is 42.5 Å². The molecule has 0 unspecified atom stereocenters. The van der Waals surface area contributed by atoms with Gasteiger partial charge in [0, 0.05) is 31.0 Å². The molecule has 4 heteroatoms. The van der Waals surface area contributed by atoms with E-state index in [9.17, 15) is 0 Å². The molecular weight excluding hydrogens is 214 g/mol. The number of furan rings is 1. The van der Waals surface area contributed by atoms with Gasteiger partial charge >= 0.3 is 0 Å². The molecule has 0 amide bonds. The van der Waals surface area contributed by atoms with E-state index in [1.165, 1.54) is 0 Å². The third-order valence-electron chi connectivity index (χ3n) is 2.63. The fourth-order valence-corrected chi connectivity index (χ4v) is 1.80. The van der Waals surface area contributed by atoms with Crippen LogP contribution in [0.15, 0.2) is 53.6 Å². The predicted octanol–water partition coefficient (Wildman–Crippen LogP) is 2.22. The summed E-state index contributed by atoms with van der Waals surface area (Å²) in [7, 11) is 0. The maximum absolute atomic E-state index is 5.01. The highest BCUT2D eigenvalue weighted by molar-refractivity contribution is 5.39.